The minimum Gasteiger partial charge on any atom is -0.493 e. The SMILES string of the molecule is COc1cccc(SSc2ccccc2)c1OC. The van der Waals surface area contributed by atoms with E-state index in [1.807, 2.05) is 36.4 Å². The molecule has 0 amide bonds. The molecular weight excluding hydrogens is 264 g/mol. The van der Waals surface area contributed by atoms with Crippen LogP contribution < -0.4 is 9.47 Å². The molecular formula is C14H14O2S2. The maximum absolute atomic E-state index is 5.40. The molecule has 0 fully saturated rings. The Morgan fingerprint density at radius 2 is 1.56 bits per heavy atom. The summed E-state index contributed by atoms with van der Waals surface area (Å²) in [4.78, 5) is 2.28. The molecule has 0 unspecified atom stereocenters. The normalized spacial score (nSPS) is 10.1. The maximum Gasteiger partial charge on any atom is 0.175 e. The minimum absolute atomic E-state index is 0.760. The van der Waals surface area contributed by atoms with Crippen molar-refractivity contribution in [2.75, 3.05) is 14.2 Å². The lowest BCUT2D eigenvalue weighted by Crippen LogP contribution is -1.91. The van der Waals surface area contributed by atoms with E-state index in [-0.39, 0.29) is 0 Å². The quantitative estimate of drug-likeness (QED) is 0.749. The van der Waals surface area contributed by atoms with Gasteiger partial charge < -0.3 is 9.47 Å². The number of methoxy groups -OCH3 is 2. The molecule has 2 rings (SSSR count). The molecule has 2 nitrogen and oxygen atoms in total. The average Bonchev–Trinajstić information content (AvgIpc) is 2.45. The number of ether oxygens (including phenoxy) is 2. The summed E-state index contributed by atoms with van der Waals surface area (Å²) in [5, 5.41) is 0. The van der Waals surface area contributed by atoms with Gasteiger partial charge in [0.15, 0.2) is 11.5 Å². The van der Waals surface area contributed by atoms with Crippen molar-refractivity contribution in [3.63, 3.8) is 0 Å². The van der Waals surface area contributed by atoms with Gasteiger partial charge in [-0.25, -0.2) is 0 Å². The van der Waals surface area contributed by atoms with E-state index in [2.05, 4.69) is 12.1 Å². The van der Waals surface area contributed by atoms with Crippen molar-refractivity contribution in [3.05, 3.63) is 48.5 Å². The predicted molar refractivity (Wildman–Crippen MR) is 77.7 cm³/mol. The average molecular weight is 278 g/mol. The molecule has 2 aromatic carbocycles. The third-order valence-corrected chi connectivity index (χ3v) is 4.75. The summed E-state index contributed by atoms with van der Waals surface area (Å²) in [5.41, 5.74) is 0. The first-order valence-corrected chi connectivity index (χ1v) is 7.60. The van der Waals surface area contributed by atoms with Crippen LogP contribution >= 0.6 is 21.6 Å². The molecule has 0 N–H and O–H groups in total. The zero-order valence-corrected chi connectivity index (χ0v) is 11.9. The second-order valence-electron chi connectivity index (χ2n) is 3.47. The van der Waals surface area contributed by atoms with E-state index in [0.717, 1.165) is 16.4 Å². The Kier molecular flexibility index (Phi) is 4.84. The van der Waals surface area contributed by atoms with Crippen LogP contribution in [0.4, 0.5) is 0 Å². The smallest absolute Gasteiger partial charge is 0.175 e. The second kappa shape index (κ2) is 6.61. The topological polar surface area (TPSA) is 18.5 Å². The summed E-state index contributed by atoms with van der Waals surface area (Å²) in [6, 6.07) is 16.2. The highest BCUT2D eigenvalue weighted by atomic mass is 33.1. The Morgan fingerprint density at radius 1 is 0.778 bits per heavy atom. The van der Waals surface area contributed by atoms with Crippen molar-refractivity contribution in [2.45, 2.75) is 9.79 Å². The lowest BCUT2D eigenvalue weighted by atomic mass is 10.3. The third-order valence-electron chi connectivity index (χ3n) is 2.34. The second-order valence-corrected chi connectivity index (χ2v) is 5.72. The Bertz CT molecular complexity index is 500. The van der Waals surface area contributed by atoms with Crippen LogP contribution in [0.25, 0.3) is 0 Å². The van der Waals surface area contributed by atoms with Crippen molar-refractivity contribution in [2.24, 2.45) is 0 Å². The molecule has 0 aliphatic rings. The number of hydrogen-bond acceptors (Lipinski definition) is 4. The maximum atomic E-state index is 5.40. The van der Waals surface area contributed by atoms with E-state index in [0.29, 0.717) is 0 Å². The summed E-state index contributed by atoms with van der Waals surface area (Å²) in [6.07, 6.45) is 0. The molecule has 0 saturated carbocycles. The summed E-state index contributed by atoms with van der Waals surface area (Å²) >= 11 is 0. The number of hydrogen-bond donors (Lipinski definition) is 0. The van der Waals surface area contributed by atoms with Gasteiger partial charge in [-0.2, -0.15) is 0 Å². The van der Waals surface area contributed by atoms with Gasteiger partial charge in [-0.15, -0.1) is 0 Å². The molecule has 0 radical (unpaired) electrons. The van der Waals surface area contributed by atoms with Crippen molar-refractivity contribution in [1.82, 2.24) is 0 Å². The number of rotatable bonds is 5. The van der Waals surface area contributed by atoms with E-state index in [1.54, 1.807) is 35.8 Å². The lowest BCUT2D eigenvalue weighted by molar-refractivity contribution is 0.348. The van der Waals surface area contributed by atoms with Crippen molar-refractivity contribution in [1.29, 1.82) is 0 Å². The van der Waals surface area contributed by atoms with E-state index in [1.165, 1.54) is 4.90 Å². The zero-order valence-electron chi connectivity index (χ0n) is 10.3. The molecule has 0 saturated heterocycles. The number of para-hydroxylation sites is 1. The minimum atomic E-state index is 0.760. The molecule has 0 atom stereocenters. The fourth-order valence-electron chi connectivity index (χ4n) is 1.49. The number of benzene rings is 2. The highest BCUT2D eigenvalue weighted by molar-refractivity contribution is 8.76. The molecule has 0 aromatic heterocycles. The van der Waals surface area contributed by atoms with Crippen LogP contribution in [0.3, 0.4) is 0 Å². The first-order chi connectivity index (χ1) is 8.85. The molecule has 0 heterocycles. The van der Waals surface area contributed by atoms with Crippen LogP contribution in [-0.4, -0.2) is 14.2 Å². The summed E-state index contributed by atoms with van der Waals surface area (Å²) in [6.45, 7) is 0. The Labute approximate surface area is 115 Å². The Morgan fingerprint density at radius 3 is 2.22 bits per heavy atom. The Balaban J connectivity index is 2.14. The summed E-state index contributed by atoms with van der Waals surface area (Å²) in [5.74, 6) is 1.55. The van der Waals surface area contributed by atoms with Crippen molar-refractivity contribution >= 4 is 21.6 Å². The summed E-state index contributed by atoms with van der Waals surface area (Å²) in [7, 11) is 6.68. The van der Waals surface area contributed by atoms with Gasteiger partial charge in [-0.3, -0.25) is 0 Å². The van der Waals surface area contributed by atoms with Crippen LogP contribution in [0.5, 0.6) is 11.5 Å². The third kappa shape index (κ3) is 3.15. The first kappa shape index (κ1) is 13.2. The molecule has 4 heteroatoms. The highest BCUT2D eigenvalue weighted by Crippen LogP contribution is 2.44. The van der Waals surface area contributed by atoms with E-state index < -0.39 is 0 Å². The fraction of sp³-hybridized carbons (Fsp3) is 0.143. The zero-order chi connectivity index (χ0) is 12.8. The molecule has 18 heavy (non-hydrogen) atoms. The molecule has 0 bridgehead atoms. The van der Waals surface area contributed by atoms with Gasteiger partial charge in [0.1, 0.15) is 0 Å². The predicted octanol–water partition coefficient (Wildman–Crippen LogP) is 4.50. The van der Waals surface area contributed by atoms with Crippen LogP contribution in [0.2, 0.25) is 0 Å². The first-order valence-electron chi connectivity index (χ1n) is 5.45. The van der Waals surface area contributed by atoms with Gasteiger partial charge in [0, 0.05) is 4.90 Å². The molecule has 0 aliphatic carbocycles. The van der Waals surface area contributed by atoms with Crippen molar-refractivity contribution < 1.29 is 9.47 Å². The molecule has 2 aromatic rings. The van der Waals surface area contributed by atoms with Crippen LogP contribution in [0, 0.1) is 0 Å². The lowest BCUT2D eigenvalue weighted by Gasteiger charge is -2.11. The van der Waals surface area contributed by atoms with Crippen LogP contribution in [-0.2, 0) is 0 Å². The molecule has 0 spiro atoms. The largest absolute Gasteiger partial charge is 0.493 e. The standard InChI is InChI=1S/C14H14O2S2/c1-15-12-9-6-10-13(14(12)16-2)18-17-11-7-4-3-5-8-11/h3-10H,1-2H3. The van der Waals surface area contributed by atoms with Crippen LogP contribution in [0.15, 0.2) is 58.3 Å². The highest BCUT2D eigenvalue weighted by Gasteiger charge is 2.10. The van der Waals surface area contributed by atoms with E-state index in [9.17, 15) is 0 Å². The van der Waals surface area contributed by atoms with Gasteiger partial charge in [0.2, 0.25) is 0 Å². The fourth-order valence-corrected chi connectivity index (χ4v) is 3.63. The van der Waals surface area contributed by atoms with Gasteiger partial charge in [-0.05, 0) is 35.1 Å². The van der Waals surface area contributed by atoms with Crippen LogP contribution in [0.1, 0.15) is 0 Å². The molecule has 94 valence electrons. The van der Waals surface area contributed by atoms with Crippen molar-refractivity contribution in [3.8, 4) is 11.5 Å². The van der Waals surface area contributed by atoms with E-state index in [4.69, 9.17) is 9.47 Å². The van der Waals surface area contributed by atoms with Gasteiger partial charge in [0.05, 0.1) is 19.1 Å². The Hall–Kier alpha value is -1.26. The molecule has 0 aliphatic heterocycles. The van der Waals surface area contributed by atoms with Gasteiger partial charge in [-0.1, -0.05) is 35.1 Å². The summed E-state index contributed by atoms with van der Waals surface area (Å²) < 4.78 is 10.7. The van der Waals surface area contributed by atoms with Gasteiger partial charge in [0.25, 0.3) is 0 Å². The monoisotopic (exact) mass is 278 g/mol. The van der Waals surface area contributed by atoms with E-state index >= 15 is 0 Å². The van der Waals surface area contributed by atoms with Gasteiger partial charge >= 0.3 is 0 Å².